The van der Waals surface area contributed by atoms with Crippen LogP contribution in [0.1, 0.15) is 56.6 Å². The number of unbranched alkanes of at least 4 members (excludes halogenated alkanes) is 4. The molecule has 1 amide bonds. The van der Waals surface area contributed by atoms with Gasteiger partial charge < -0.3 is 10.1 Å². The summed E-state index contributed by atoms with van der Waals surface area (Å²) in [4.78, 5) is 27.3. The Morgan fingerprint density at radius 1 is 1.00 bits per heavy atom. The number of nitrogens with zero attached hydrogens (tertiary/aromatic N) is 2. The zero-order chi connectivity index (χ0) is 20.8. The normalized spacial score (nSPS) is 11.2. The van der Waals surface area contributed by atoms with Gasteiger partial charge >= 0.3 is 0 Å². The Morgan fingerprint density at radius 2 is 1.61 bits per heavy atom. The van der Waals surface area contributed by atoms with E-state index in [1.165, 1.54) is 19.3 Å². The smallest absolute Gasteiger partial charge is 0.238 e. The van der Waals surface area contributed by atoms with Gasteiger partial charge in [-0.3, -0.25) is 14.6 Å². The number of carbonyl (C=O) groups is 2. The third-order valence-electron chi connectivity index (χ3n) is 5.05. The predicted molar refractivity (Wildman–Crippen MR) is 118 cm³/mol. The molecule has 0 saturated carbocycles. The second-order valence-electron chi connectivity index (χ2n) is 7.79. The second kappa shape index (κ2) is 14.3. The Labute approximate surface area is 171 Å². The topological polar surface area (TPSA) is 52.7 Å². The summed E-state index contributed by atoms with van der Waals surface area (Å²) in [5.74, 6) is 0.0732. The van der Waals surface area contributed by atoms with Gasteiger partial charge in [-0.05, 0) is 70.9 Å². The van der Waals surface area contributed by atoms with Crippen LogP contribution in [0.5, 0.6) is 0 Å². The lowest BCUT2D eigenvalue weighted by molar-refractivity contribution is -0.117. The molecule has 0 unspecified atom stereocenters. The molecule has 1 N–H and O–H groups in total. The first-order chi connectivity index (χ1) is 13.5. The van der Waals surface area contributed by atoms with E-state index in [2.05, 4.69) is 22.0 Å². The summed E-state index contributed by atoms with van der Waals surface area (Å²) in [6.07, 6.45) is 7.88. The minimum absolute atomic E-state index is 0.0732. The number of hydrogen-bond donors (Lipinski definition) is 1. The van der Waals surface area contributed by atoms with E-state index in [4.69, 9.17) is 0 Å². The van der Waals surface area contributed by atoms with Crippen LogP contribution in [0.3, 0.4) is 0 Å². The van der Waals surface area contributed by atoms with Gasteiger partial charge in [0.2, 0.25) is 5.91 Å². The summed E-state index contributed by atoms with van der Waals surface area (Å²) >= 11 is 0. The second-order valence-corrected chi connectivity index (χ2v) is 7.79. The van der Waals surface area contributed by atoms with Crippen molar-refractivity contribution in [1.29, 1.82) is 0 Å². The highest BCUT2D eigenvalue weighted by molar-refractivity contribution is 5.93. The molecule has 1 aromatic carbocycles. The van der Waals surface area contributed by atoms with Crippen molar-refractivity contribution in [3.8, 4) is 0 Å². The van der Waals surface area contributed by atoms with E-state index in [1.54, 1.807) is 0 Å². The molecule has 1 rings (SSSR count). The standard InChI is InChI=1S/C23H39N3O2/c1-5-14-26(16-10-8-6-7-9-15-25(4)17-18-27)19-22(28)24-23-20(2)12-11-13-21(23)3/h11-13,18H,5-10,14-17,19H2,1-4H3,(H,24,28). The summed E-state index contributed by atoms with van der Waals surface area (Å²) in [6, 6.07) is 6.08. The molecule has 5 nitrogen and oxygen atoms in total. The summed E-state index contributed by atoms with van der Waals surface area (Å²) < 4.78 is 0. The molecule has 158 valence electrons. The summed E-state index contributed by atoms with van der Waals surface area (Å²) in [6.45, 7) is 10.1. The highest BCUT2D eigenvalue weighted by Crippen LogP contribution is 2.19. The molecule has 0 aliphatic heterocycles. The van der Waals surface area contributed by atoms with Crippen LogP contribution in [0.25, 0.3) is 0 Å². The molecule has 0 heterocycles. The lowest BCUT2D eigenvalue weighted by Gasteiger charge is -2.22. The summed E-state index contributed by atoms with van der Waals surface area (Å²) in [5.41, 5.74) is 3.16. The van der Waals surface area contributed by atoms with Crippen LogP contribution in [0.15, 0.2) is 18.2 Å². The fraction of sp³-hybridized carbons (Fsp3) is 0.652. The molecular formula is C23H39N3O2. The van der Waals surface area contributed by atoms with Gasteiger partial charge in [-0.25, -0.2) is 0 Å². The van der Waals surface area contributed by atoms with E-state index in [1.807, 2.05) is 39.1 Å². The van der Waals surface area contributed by atoms with Crippen molar-refractivity contribution in [3.05, 3.63) is 29.3 Å². The van der Waals surface area contributed by atoms with Crippen molar-refractivity contribution in [3.63, 3.8) is 0 Å². The van der Waals surface area contributed by atoms with Crippen LogP contribution in [0, 0.1) is 13.8 Å². The van der Waals surface area contributed by atoms with Crippen molar-refractivity contribution < 1.29 is 9.59 Å². The van der Waals surface area contributed by atoms with Crippen molar-refractivity contribution in [2.45, 2.75) is 59.3 Å². The number of anilines is 1. The Bertz CT molecular complexity index is 569. The van der Waals surface area contributed by atoms with E-state index in [0.717, 1.165) is 62.0 Å². The third kappa shape index (κ3) is 10.00. The fourth-order valence-corrected chi connectivity index (χ4v) is 3.45. The minimum Gasteiger partial charge on any atom is -0.324 e. The summed E-state index contributed by atoms with van der Waals surface area (Å²) in [5, 5.41) is 3.10. The Kier molecular flexibility index (Phi) is 12.4. The van der Waals surface area contributed by atoms with Gasteiger partial charge in [0.1, 0.15) is 6.29 Å². The maximum Gasteiger partial charge on any atom is 0.238 e. The quantitative estimate of drug-likeness (QED) is 0.363. The highest BCUT2D eigenvalue weighted by Gasteiger charge is 2.12. The van der Waals surface area contributed by atoms with Crippen LogP contribution >= 0.6 is 0 Å². The molecule has 0 radical (unpaired) electrons. The van der Waals surface area contributed by atoms with Crippen molar-refractivity contribution >= 4 is 17.9 Å². The number of nitrogens with one attached hydrogen (secondary N) is 1. The number of para-hydroxylation sites is 1. The van der Waals surface area contributed by atoms with Crippen molar-refractivity contribution in [2.24, 2.45) is 0 Å². The molecular weight excluding hydrogens is 350 g/mol. The highest BCUT2D eigenvalue weighted by atomic mass is 16.2. The lowest BCUT2D eigenvalue weighted by atomic mass is 10.1. The Hall–Kier alpha value is -1.72. The molecule has 0 aromatic heterocycles. The molecule has 0 aliphatic rings. The van der Waals surface area contributed by atoms with Crippen LogP contribution in [-0.2, 0) is 9.59 Å². The molecule has 0 atom stereocenters. The minimum atomic E-state index is 0.0732. The number of aldehydes is 1. The lowest BCUT2D eigenvalue weighted by Crippen LogP contribution is -2.34. The average molecular weight is 390 g/mol. The molecule has 5 heteroatoms. The number of amides is 1. The molecule has 28 heavy (non-hydrogen) atoms. The van der Waals surface area contributed by atoms with E-state index in [0.29, 0.717) is 13.1 Å². The van der Waals surface area contributed by atoms with Crippen LogP contribution in [0.2, 0.25) is 0 Å². The Balaban J connectivity index is 2.29. The van der Waals surface area contributed by atoms with Gasteiger partial charge in [-0.15, -0.1) is 0 Å². The van der Waals surface area contributed by atoms with Crippen LogP contribution < -0.4 is 5.32 Å². The zero-order valence-corrected chi connectivity index (χ0v) is 18.3. The van der Waals surface area contributed by atoms with E-state index >= 15 is 0 Å². The van der Waals surface area contributed by atoms with E-state index in [9.17, 15) is 9.59 Å². The van der Waals surface area contributed by atoms with Gasteiger partial charge in [0.25, 0.3) is 0 Å². The monoisotopic (exact) mass is 389 g/mol. The molecule has 0 bridgehead atoms. The van der Waals surface area contributed by atoms with Gasteiger partial charge in [-0.1, -0.05) is 44.4 Å². The van der Waals surface area contributed by atoms with Crippen LogP contribution in [-0.4, -0.2) is 61.8 Å². The largest absolute Gasteiger partial charge is 0.324 e. The molecule has 0 fully saturated rings. The van der Waals surface area contributed by atoms with Crippen LogP contribution in [0.4, 0.5) is 5.69 Å². The first kappa shape index (κ1) is 24.3. The number of likely N-dealkylation sites (N-methyl/N-ethyl adjacent to an activating group) is 1. The SMILES string of the molecule is CCCN(CCCCCCCN(C)CC=O)CC(=O)Nc1c(C)cccc1C. The number of benzene rings is 1. The average Bonchev–Trinajstić information content (AvgIpc) is 2.64. The van der Waals surface area contributed by atoms with Gasteiger partial charge in [0.15, 0.2) is 0 Å². The third-order valence-corrected chi connectivity index (χ3v) is 5.05. The van der Waals surface area contributed by atoms with Gasteiger partial charge in [-0.2, -0.15) is 0 Å². The first-order valence-electron chi connectivity index (χ1n) is 10.7. The molecule has 0 aliphatic carbocycles. The molecule has 1 aromatic rings. The maximum atomic E-state index is 12.5. The number of aryl methyl sites for hydroxylation is 2. The number of rotatable bonds is 15. The summed E-state index contributed by atoms with van der Waals surface area (Å²) in [7, 11) is 1.99. The predicted octanol–water partition coefficient (Wildman–Crippen LogP) is 4.04. The fourth-order valence-electron chi connectivity index (χ4n) is 3.45. The van der Waals surface area contributed by atoms with Gasteiger partial charge in [0.05, 0.1) is 13.1 Å². The molecule has 0 spiro atoms. The first-order valence-corrected chi connectivity index (χ1v) is 10.7. The maximum absolute atomic E-state index is 12.5. The van der Waals surface area contributed by atoms with Gasteiger partial charge in [0, 0.05) is 5.69 Å². The van der Waals surface area contributed by atoms with E-state index in [-0.39, 0.29) is 5.91 Å². The Morgan fingerprint density at radius 3 is 2.21 bits per heavy atom. The van der Waals surface area contributed by atoms with Crippen molar-refractivity contribution in [2.75, 3.05) is 45.1 Å². The molecule has 0 saturated heterocycles. The van der Waals surface area contributed by atoms with E-state index < -0.39 is 0 Å². The number of carbonyl (C=O) groups excluding carboxylic acids is 2. The zero-order valence-electron chi connectivity index (χ0n) is 18.3. The number of hydrogen-bond acceptors (Lipinski definition) is 4. The van der Waals surface area contributed by atoms with Crippen molar-refractivity contribution in [1.82, 2.24) is 9.80 Å².